The summed E-state index contributed by atoms with van der Waals surface area (Å²) in [6, 6.07) is -0.547. The van der Waals surface area contributed by atoms with Crippen LogP contribution in [0.15, 0.2) is 24.3 Å². The van der Waals surface area contributed by atoms with E-state index in [1.807, 2.05) is 0 Å². The van der Waals surface area contributed by atoms with Crippen LogP contribution >= 0.6 is 0 Å². The predicted octanol–water partition coefficient (Wildman–Crippen LogP) is 23.3. The highest BCUT2D eigenvalue weighted by molar-refractivity contribution is 5.76. The monoisotopic (exact) mass is 1110 g/mol. The van der Waals surface area contributed by atoms with Crippen molar-refractivity contribution in [3.8, 4) is 0 Å². The average molecular weight is 1110 g/mol. The van der Waals surface area contributed by atoms with Gasteiger partial charge in [0, 0.05) is 12.8 Å². The fourth-order valence-electron chi connectivity index (χ4n) is 11.5. The van der Waals surface area contributed by atoms with Crippen molar-refractivity contribution in [3.05, 3.63) is 24.3 Å². The highest BCUT2D eigenvalue weighted by Gasteiger charge is 2.20. The molecule has 1 amide bonds. The number of esters is 1. The Hall–Kier alpha value is -1.66. The summed E-state index contributed by atoms with van der Waals surface area (Å²) in [6.07, 6.45) is 86.5. The first-order chi connectivity index (χ1) is 39.0. The zero-order chi connectivity index (χ0) is 57.1. The lowest BCUT2D eigenvalue weighted by atomic mass is 10.0. The van der Waals surface area contributed by atoms with Crippen LogP contribution in [0.25, 0.3) is 0 Å². The van der Waals surface area contributed by atoms with Crippen LogP contribution in [0.2, 0.25) is 0 Å². The van der Waals surface area contributed by atoms with Crippen molar-refractivity contribution in [1.82, 2.24) is 5.32 Å². The van der Waals surface area contributed by atoms with Gasteiger partial charge in [-0.3, -0.25) is 9.59 Å². The molecule has 0 aliphatic rings. The van der Waals surface area contributed by atoms with Gasteiger partial charge in [-0.25, -0.2) is 0 Å². The molecule has 0 saturated carbocycles. The number of hydrogen-bond donors (Lipinski definition) is 3. The van der Waals surface area contributed by atoms with Crippen molar-refractivity contribution in [1.29, 1.82) is 0 Å². The summed E-state index contributed by atoms with van der Waals surface area (Å²) in [7, 11) is 0. The van der Waals surface area contributed by atoms with Crippen molar-refractivity contribution in [3.63, 3.8) is 0 Å². The Bertz CT molecular complexity index is 1230. The largest absolute Gasteiger partial charge is 0.466 e. The van der Waals surface area contributed by atoms with Crippen LogP contribution in [0.1, 0.15) is 406 Å². The van der Waals surface area contributed by atoms with Crippen molar-refractivity contribution < 1.29 is 24.5 Å². The van der Waals surface area contributed by atoms with Crippen LogP contribution in [0, 0.1) is 0 Å². The Kier molecular flexibility index (Phi) is 67.4. The van der Waals surface area contributed by atoms with Crippen LogP contribution in [0.3, 0.4) is 0 Å². The van der Waals surface area contributed by atoms with E-state index < -0.39 is 12.1 Å². The minimum absolute atomic E-state index is 0.0147. The molecule has 0 radical (unpaired) electrons. The third kappa shape index (κ3) is 65.4. The molecule has 3 N–H and O–H groups in total. The van der Waals surface area contributed by atoms with E-state index in [1.54, 1.807) is 0 Å². The van der Waals surface area contributed by atoms with E-state index in [0.29, 0.717) is 25.9 Å². The number of carbonyl (C=O) groups is 2. The number of hydrogen-bond acceptors (Lipinski definition) is 5. The minimum Gasteiger partial charge on any atom is -0.466 e. The van der Waals surface area contributed by atoms with Crippen molar-refractivity contribution in [2.24, 2.45) is 0 Å². The molecule has 0 bridgehead atoms. The average Bonchev–Trinajstić information content (AvgIpc) is 3.45. The molecule has 0 heterocycles. The van der Waals surface area contributed by atoms with Gasteiger partial charge >= 0.3 is 5.97 Å². The number of ether oxygens (including phenoxy) is 1. The number of aliphatic hydroxyl groups excluding tert-OH is 2. The van der Waals surface area contributed by atoms with E-state index in [2.05, 4.69) is 43.5 Å². The molecule has 0 spiro atoms. The summed E-state index contributed by atoms with van der Waals surface area (Å²) in [4.78, 5) is 24.6. The topological polar surface area (TPSA) is 95.9 Å². The molecule has 0 aromatic rings. The second-order valence-corrected chi connectivity index (χ2v) is 24.9. The maximum Gasteiger partial charge on any atom is 0.305 e. The molecular weight excluding hydrogens is 971 g/mol. The Balaban J connectivity index is 3.40. The molecule has 0 aliphatic heterocycles. The Labute approximate surface area is 494 Å². The fourth-order valence-corrected chi connectivity index (χ4v) is 11.5. The third-order valence-corrected chi connectivity index (χ3v) is 17.0. The van der Waals surface area contributed by atoms with E-state index in [1.165, 1.54) is 327 Å². The first-order valence-corrected chi connectivity index (χ1v) is 36.1. The molecule has 0 aromatic heterocycles. The van der Waals surface area contributed by atoms with Gasteiger partial charge in [0.25, 0.3) is 0 Å². The van der Waals surface area contributed by atoms with Crippen molar-refractivity contribution in [2.45, 2.75) is 418 Å². The number of aliphatic hydroxyl groups is 2. The zero-order valence-electron chi connectivity index (χ0n) is 53.6. The molecule has 0 aromatic carbocycles. The minimum atomic E-state index is -0.669. The van der Waals surface area contributed by atoms with E-state index in [4.69, 9.17) is 4.74 Å². The molecule has 2 unspecified atom stereocenters. The highest BCUT2D eigenvalue weighted by Crippen LogP contribution is 2.19. The maximum atomic E-state index is 12.5. The number of amides is 1. The molecule has 468 valence electrons. The van der Waals surface area contributed by atoms with Gasteiger partial charge in [0.05, 0.1) is 25.4 Å². The second-order valence-electron chi connectivity index (χ2n) is 24.9. The van der Waals surface area contributed by atoms with E-state index in [9.17, 15) is 19.8 Å². The van der Waals surface area contributed by atoms with Crippen LogP contribution < -0.4 is 5.32 Å². The fraction of sp³-hybridized carbons (Fsp3) is 0.918. The van der Waals surface area contributed by atoms with Gasteiger partial charge in [-0.2, -0.15) is 0 Å². The highest BCUT2D eigenvalue weighted by atomic mass is 16.5. The summed E-state index contributed by atoms with van der Waals surface area (Å²) in [6.45, 7) is 4.99. The molecule has 0 rings (SSSR count). The lowest BCUT2D eigenvalue weighted by Gasteiger charge is -2.22. The second kappa shape index (κ2) is 68.8. The quantitative estimate of drug-likeness (QED) is 0.0320. The lowest BCUT2D eigenvalue weighted by Crippen LogP contribution is -2.45. The molecule has 79 heavy (non-hydrogen) atoms. The Morgan fingerprint density at radius 1 is 0.354 bits per heavy atom. The van der Waals surface area contributed by atoms with Crippen LogP contribution in [-0.4, -0.2) is 47.4 Å². The number of unbranched alkanes of at least 4 members (excludes halogenated alkanes) is 53. The Morgan fingerprint density at radius 2 is 0.633 bits per heavy atom. The zero-order valence-corrected chi connectivity index (χ0v) is 53.6. The lowest BCUT2D eigenvalue weighted by molar-refractivity contribution is -0.143. The summed E-state index contributed by atoms with van der Waals surface area (Å²) in [5, 5.41) is 23.4. The molecule has 6 heteroatoms. The predicted molar refractivity (Wildman–Crippen MR) is 347 cm³/mol. The van der Waals surface area contributed by atoms with Gasteiger partial charge in [0.15, 0.2) is 0 Å². The van der Waals surface area contributed by atoms with Crippen LogP contribution in [-0.2, 0) is 14.3 Å². The van der Waals surface area contributed by atoms with Crippen molar-refractivity contribution in [2.75, 3.05) is 13.2 Å². The van der Waals surface area contributed by atoms with E-state index in [-0.39, 0.29) is 18.5 Å². The SMILES string of the molecule is CCCCCCCCCCCCCCCCCCCCCC(=O)OCCCCCCCCCCC/C=C\C/C=C\CCCCCCCCCCCC(=O)NC(CO)C(O)CCCCCCCCCCCCCCCCCCCC. The number of carbonyl (C=O) groups excluding carboxylic acids is 2. The first-order valence-electron chi connectivity index (χ1n) is 36.1. The van der Waals surface area contributed by atoms with Gasteiger partial charge < -0.3 is 20.3 Å². The molecule has 6 nitrogen and oxygen atoms in total. The van der Waals surface area contributed by atoms with Gasteiger partial charge in [0.1, 0.15) is 0 Å². The van der Waals surface area contributed by atoms with Crippen molar-refractivity contribution >= 4 is 11.9 Å². The standard InChI is InChI=1S/C73H141NO5/c1-3-5-7-9-11-13-15-17-19-21-30-35-39-43-47-51-55-59-63-67-73(78)79-68-64-60-56-52-48-44-40-36-32-29-27-25-23-24-26-28-31-34-38-42-46-50-54-58-62-66-72(77)74-70(69-75)71(76)65-61-57-53-49-45-41-37-33-22-20-18-16-14-12-10-8-6-4-2/h24-27,70-71,75-76H,3-23,28-69H2,1-2H3,(H,74,77)/b26-24-,27-25-. The molecular formula is C73H141NO5. The molecule has 0 fully saturated rings. The summed E-state index contributed by atoms with van der Waals surface area (Å²) >= 11 is 0. The van der Waals surface area contributed by atoms with E-state index in [0.717, 1.165) is 44.9 Å². The smallest absolute Gasteiger partial charge is 0.305 e. The number of allylic oxidation sites excluding steroid dienone is 4. The molecule has 0 aliphatic carbocycles. The van der Waals surface area contributed by atoms with Gasteiger partial charge in [-0.05, 0) is 57.8 Å². The normalized spacial score (nSPS) is 12.6. The summed E-state index contributed by atoms with van der Waals surface area (Å²) < 4.78 is 5.51. The summed E-state index contributed by atoms with van der Waals surface area (Å²) in [5.41, 5.74) is 0. The van der Waals surface area contributed by atoms with Gasteiger partial charge in [-0.15, -0.1) is 0 Å². The number of nitrogens with one attached hydrogen (secondary N) is 1. The Morgan fingerprint density at radius 3 is 0.962 bits per heavy atom. The molecule has 2 atom stereocenters. The third-order valence-electron chi connectivity index (χ3n) is 17.0. The van der Waals surface area contributed by atoms with Crippen LogP contribution in [0.5, 0.6) is 0 Å². The molecule has 0 saturated heterocycles. The maximum absolute atomic E-state index is 12.5. The van der Waals surface area contributed by atoms with E-state index >= 15 is 0 Å². The van der Waals surface area contributed by atoms with Crippen LogP contribution in [0.4, 0.5) is 0 Å². The van der Waals surface area contributed by atoms with Gasteiger partial charge in [-0.1, -0.05) is 359 Å². The van der Waals surface area contributed by atoms with Gasteiger partial charge in [0.2, 0.25) is 5.91 Å². The summed E-state index contributed by atoms with van der Waals surface area (Å²) in [5.74, 6) is -0.0227. The first kappa shape index (κ1) is 77.3. The number of rotatable bonds is 68.